The highest BCUT2D eigenvalue weighted by atomic mass is 27.0. The van der Waals surface area contributed by atoms with E-state index in [4.69, 9.17) is 0 Å². The summed E-state index contributed by atoms with van der Waals surface area (Å²) < 4.78 is 0. The molecular weight excluding hydrogens is 63.0 g/mol. The molecule has 0 aromatic heterocycles. The summed E-state index contributed by atoms with van der Waals surface area (Å²) in [5.74, 6) is 0. The lowest BCUT2D eigenvalue weighted by molar-refractivity contribution is 2.50. The zero-order valence-electron chi connectivity index (χ0n) is 1.86. The standard InChI is InChI=1S/C2H3.CH4.Al/c1-2;;/h1H,2H2;1H4;. The first kappa shape index (κ1) is 8.86. The van der Waals surface area contributed by atoms with E-state index in [0.29, 0.717) is 0 Å². The Morgan fingerprint density at radius 1 is 1.75 bits per heavy atom. The molecule has 1 heteroatoms. The van der Waals surface area contributed by atoms with E-state index in [1.54, 1.807) is 4.94 Å². The third-order valence-electron chi connectivity index (χ3n) is 0. The minimum atomic E-state index is 0. The average Bonchev–Trinajstić information content (AvgIpc) is 0.918. The molecule has 0 nitrogen and oxygen atoms in total. The molecule has 0 rings (SSSR count). The van der Waals surface area contributed by atoms with Crippen molar-refractivity contribution in [1.82, 2.24) is 0 Å². The van der Waals surface area contributed by atoms with E-state index in [0.717, 1.165) is 0 Å². The molecule has 0 aliphatic rings. The van der Waals surface area contributed by atoms with E-state index >= 15 is 0 Å². The van der Waals surface area contributed by atoms with Gasteiger partial charge in [0.25, 0.3) is 0 Å². The fourth-order valence-corrected chi connectivity index (χ4v) is 0. The monoisotopic (exact) mass is 70.0 g/mol. The predicted molar refractivity (Wildman–Crippen MR) is 22.7 cm³/mol. The Morgan fingerprint density at radius 2 is 1.75 bits per heavy atom. The summed E-state index contributed by atoms with van der Waals surface area (Å²) in [4.78, 5) is 1.67. The van der Waals surface area contributed by atoms with E-state index in [9.17, 15) is 0 Å². The maximum Gasteiger partial charge on any atom is 0.161 e. The van der Waals surface area contributed by atoms with Crippen LogP contribution in [-0.2, 0) is 0 Å². The van der Waals surface area contributed by atoms with Gasteiger partial charge in [0, 0.05) is 0 Å². The Labute approximate surface area is 35.9 Å². The Bertz CT molecular complexity index is 10.8. The molecular formula is C3H7Al. The van der Waals surface area contributed by atoms with E-state index in [1.807, 2.05) is 0 Å². The van der Waals surface area contributed by atoms with Crippen LogP contribution < -0.4 is 0 Å². The summed E-state index contributed by atoms with van der Waals surface area (Å²) >= 11 is 2.34. The van der Waals surface area contributed by atoms with Gasteiger partial charge in [0.2, 0.25) is 0 Å². The van der Waals surface area contributed by atoms with Crippen molar-refractivity contribution >= 4 is 16.3 Å². The summed E-state index contributed by atoms with van der Waals surface area (Å²) in [5, 5.41) is 0. The summed E-state index contributed by atoms with van der Waals surface area (Å²) in [7, 11) is 0. The van der Waals surface area contributed by atoms with Crippen LogP contribution in [0.2, 0.25) is 0 Å². The Hall–Kier alpha value is 0.272. The van der Waals surface area contributed by atoms with Crippen molar-refractivity contribution in [3.05, 3.63) is 11.5 Å². The SMILES string of the molecule is C.C=[CH][Al]. The van der Waals surface area contributed by atoms with Gasteiger partial charge in [-0.25, -0.2) is 0 Å². The van der Waals surface area contributed by atoms with Gasteiger partial charge < -0.3 is 0 Å². The topological polar surface area (TPSA) is 0 Å². The lowest BCUT2D eigenvalue weighted by Gasteiger charge is -1.29. The zero-order chi connectivity index (χ0) is 2.71. The zero-order valence-corrected chi connectivity index (χ0v) is 3.02. The lowest BCUT2D eigenvalue weighted by Crippen LogP contribution is -1.29. The molecule has 0 N–H and O–H groups in total. The van der Waals surface area contributed by atoms with Crippen LogP contribution in [0.1, 0.15) is 7.43 Å². The van der Waals surface area contributed by atoms with Crippen molar-refractivity contribution < 1.29 is 0 Å². The van der Waals surface area contributed by atoms with E-state index in [1.165, 1.54) is 0 Å². The quantitative estimate of drug-likeness (QED) is 0.372. The summed E-state index contributed by atoms with van der Waals surface area (Å²) in [6.45, 7) is 3.32. The maximum atomic E-state index is 3.32. The molecule has 0 aromatic rings. The van der Waals surface area contributed by atoms with Crippen LogP contribution in [0.25, 0.3) is 0 Å². The number of hydrogen-bond acceptors (Lipinski definition) is 0. The molecule has 0 bridgehead atoms. The highest BCUT2D eigenvalue weighted by molar-refractivity contribution is 6.16. The van der Waals surface area contributed by atoms with Crippen LogP contribution in [-0.4, -0.2) is 16.3 Å². The van der Waals surface area contributed by atoms with E-state index < -0.39 is 0 Å². The number of hydrogen-bond donors (Lipinski definition) is 0. The Morgan fingerprint density at radius 3 is 1.75 bits per heavy atom. The van der Waals surface area contributed by atoms with E-state index in [-0.39, 0.29) is 7.43 Å². The first-order valence-corrected chi connectivity index (χ1v) is 1.41. The maximum absolute atomic E-state index is 3.32. The molecule has 4 heavy (non-hydrogen) atoms. The normalized spacial score (nSPS) is 3.00. The van der Waals surface area contributed by atoms with Crippen LogP contribution in [0.5, 0.6) is 0 Å². The molecule has 22 valence electrons. The van der Waals surface area contributed by atoms with Crippen molar-refractivity contribution in [2.24, 2.45) is 0 Å². The first-order chi connectivity index (χ1) is 1.41. The highest BCUT2D eigenvalue weighted by Crippen LogP contribution is 1.24. The van der Waals surface area contributed by atoms with Gasteiger partial charge in [0.05, 0.1) is 0 Å². The molecule has 0 unspecified atom stereocenters. The fraction of sp³-hybridized carbons (Fsp3) is 0.333. The molecule has 0 atom stereocenters. The Kier molecular flexibility index (Phi) is 23.1. The van der Waals surface area contributed by atoms with Crippen LogP contribution >= 0.6 is 0 Å². The average molecular weight is 70.1 g/mol. The molecule has 0 aliphatic carbocycles. The molecule has 0 fully saturated rings. The highest BCUT2D eigenvalue weighted by Gasteiger charge is 1.18. The minimum Gasteiger partial charge on any atom is -0.179 e. The third-order valence-corrected chi connectivity index (χ3v) is 0. The second kappa shape index (κ2) is 10.4. The van der Waals surface area contributed by atoms with Crippen LogP contribution in [0.4, 0.5) is 0 Å². The smallest absolute Gasteiger partial charge is 0.161 e. The molecule has 0 spiro atoms. The van der Waals surface area contributed by atoms with Crippen LogP contribution in [0.15, 0.2) is 11.5 Å². The molecule has 0 aromatic carbocycles. The second-order valence-electron chi connectivity index (χ2n) is 0.236. The molecule has 0 heterocycles. The fourth-order valence-electron chi connectivity index (χ4n) is 0. The summed E-state index contributed by atoms with van der Waals surface area (Å²) in [6.07, 6.45) is 0. The summed E-state index contributed by atoms with van der Waals surface area (Å²) in [6, 6.07) is 0. The number of rotatable bonds is 0. The van der Waals surface area contributed by atoms with Crippen molar-refractivity contribution in [2.45, 2.75) is 7.43 Å². The lowest BCUT2D eigenvalue weighted by atomic mass is 11.3. The largest absolute Gasteiger partial charge is 0.179 e. The summed E-state index contributed by atoms with van der Waals surface area (Å²) in [5.41, 5.74) is 0. The first-order valence-electron chi connectivity index (χ1n) is 0.742. The predicted octanol–water partition coefficient (Wildman–Crippen LogP) is 0.934. The minimum absolute atomic E-state index is 0. The molecule has 0 amide bonds. The second-order valence-corrected chi connectivity index (χ2v) is 0.707. The van der Waals surface area contributed by atoms with Gasteiger partial charge in [0.15, 0.2) is 16.3 Å². The van der Waals surface area contributed by atoms with Gasteiger partial charge in [-0.05, 0) is 0 Å². The van der Waals surface area contributed by atoms with E-state index in [2.05, 4.69) is 22.9 Å². The third kappa shape index (κ3) is 49.6. The Balaban J connectivity index is 0. The van der Waals surface area contributed by atoms with Gasteiger partial charge in [-0.2, -0.15) is 4.94 Å². The van der Waals surface area contributed by atoms with Crippen molar-refractivity contribution in [3.63, 3.8) is 0 Å². The van der Waals surface area contributed by atoms with Crippen molar-refractivity contribution in [1.29, 1.82) is 0 Å². The molecule has 0 aliphatic heterocycles. The van der Waals surface area contributed by atoms with Gasteiger partial charge in [0.1, 0.15) is 0 Å². The molecule has 0 saturated heterocycles. The van der Waals surface area contributed by atoms with Gasteiger partial charge in [-0.15, -0.1) is 6.58 Å². The van der Waals surface area contributed by atoms with Crippen LogP contribution in [0.3, 0.4) is 0 Å². The van der Waals surface area contributed by atoms with Gasteiger partial charge >= 0.3 is 0 Å². The molecule has 0 saturated carbocycles. The van der Waals surface area contributed by atoms with Crippen molar-refractivity contribution in [3.8, 4) is 0 Å². The van der Waals surface area contributed by atoms with Gasteiger partial charge in [-0.3, -0.25) is 0 Å². The van der Waals surface area contributed by atoms with Gasteiger partial charge in [-0.1, -0.05) is 7.43 Å². The van der Waals surface area contributed by atoms with Crippen molar-refractivity contribution in [2.75, 3.05) is 0 Å². The molecule has 2 radical (unpaired) electrons. The van der Waals surface area contributed by atoms with Crippen LogP contribution in [0, 0.1) is 0 Å².